The van der Waals surface area contributed by atoms with Crippen molar-refractivity contribution >= 4 is 5.91 Å². The Bertz CT molecular complexity index is 185. The van der Waals surface area contributed by atoms with E-state index in [-0.39, 0.29) is 0 Å². The normalized spacial score (nSPS) is 29.1. The lowest BCUT2D eigenvalue weighted by Crippen LogP contribution is -2.46. The Morgan fingerprint density at radius 3 is 2.58 bits per heavy atom. The van der Waals surface area contributed by atoms with Gasteiger partial charge in [-0.25, -0.2) is 5.01 Å². The first-order valence-electron chi connectivity index (χ1n) is 4.03. The average molecular weight is 172 g/mol. The Morgan fingerprint density at radius 2 is 2.25 bits per heavy atom. The van der Waals surface area contributed by atoms with Crippen LogP contribution in [0.2, 0.25) is 0 Å². The standard InChI is InChI=1S/C7H14N3O2/c1-5-3-9(10(12)4-5)6(2)7(8)11/h5-6H,3-4H2,1-2H3,(H2,8,11)/q-1. The molecule has 2 unspecified atom stereocenters. The van der Waals surface area contributed by atoms with Gasteiger partial charge < -0.3 is 16.1 Å². The maximum atomic E-state index is 11.2. The second kappa shape index (κ2) is 3.38. The molecule has 1 amide bonds. The molecule has 0 aromatic carbocycles. The van der Waals surface area contributed by atoms with Crippen molar-refractivity contribution in [3.05, 3.63) is 5.21 Å². The number of amides is 1. The molecule has 2 atom stereocenters. The summed E-state index contributed by atoms with van der Waals surface area (Å²) < 4.78 is 0. The van der Waals surface area contributed by atoms with E-state index < -0.39 is 11.9 Å². The number of nitrogens with two attached hydrogens (primary N) is 1. The third-order valence-corrected chi connectivity index (χ3v) is 2.11. The van der Waals surface area contributed by atoms with E-state index >= 15 is 0 Å². The number of nitrogens with zero attached hydrogens (tertiary/aromatic N) is 2. The van der Waals surface area contributed by atoms with Gasteiger partial charge in [0.05, 0.1) is 6.04 Å². The molecule has 1 rings (SSSR count). The van der Waals surface area contributed by atoms with Gasteiger partial charge in [-0.15, -0.1) is 0 Å². The topological polar surface area (TPSA) is 72.6 Å². The van der Waals surface area contributed by atoms with Gasteiger partial charge in [-0.2, -0.15) is 0 Å². The van der Waals surface area contributed by atoms with E-state index in [1.165, 1.54) is 5.01 Å². The monoisotopic (exact) mass is 172 g/mol. The summed E-state index contributed by atoms with van der Waals surface area (Å²) in [4.78, 5) is 10.8. The van der Waals surface area contributed by atoms with Crippen LogP contribution in [-0.2, 0) is 4.79 Å². The Labute approximate surface area is 71.7 Å². The predicted molar refractivity (Wildman–Crippen MR) is 44.6 cm³/mol. The minimum atomic E-state index is -0.493. The smallest absolute Gasteiger partial charge is 0.235 e. The van der Waals surface area contributed by atoms with Gasteiger partial charge in [0.1, 0.15) is 0 Å². The molecule has 0 bridgehead atoms. The quantitative estimate of drug-likeness (QED) is 0.611. The van der Waals surface area contributed by atoms with Gasteiger partial charge >= 0.3 is 0 Å². The van der Waals surface area contributed by atoms with Crippen molar-refractivity contribution in [1.82, 2.24) is 10.2 Å². The minimum Gasteiger partial charge on any atom is -0.771 e. The van der Waals surface area contributed by atoms with E-state index in [0.717, 1.165) is 5.17 Å². The third kappa shape index (κ3) is 1.74. The summed E-state index contributed by atoms with van der Waals surface area (Å²) in [6, 6.07) is -0.493. The van der Waals surface area contributed by atoms with Crippen LogP contribution in [0.4, 0.5) is 0 Å². The summed E-state index contributed by atoms with van der Waals surface area (Å²) in [6.45, 7) is 4.69. The molecule has 1 aliphatic rings. The molecule has 0 aromatic rings. The maximum absolute atomic E-state index is 11.2. The molecule has 70 valence electrons. The SMILES string of the molecule is CC1CN([O-])N(C(C)C(N)=O)C1. The minimum absolute atomic E-state index is 0.310. The van der Waals surface area contributed by atoms with Crippen LogP contribution in [0.5, 0.6) is 0 Å². The van der Waals surface area contributed by atoms with Crippen LogP contribution in [0.15, 0.2) is 0 Å². The van der Waals surface area contributed by atoms with E-state index in [1.54, 1.807) is 6.92 Å². The van der Waals surface area contributed by atoms with Crippen molar-refractivity contribution in [3.63, 3.8) is 0 Å². The second-order valence-electron chi connectivity index (χ2n) is 3.34. The molecule has 5 heteroatoms. The second-order valence-corrected chi connectivity index (χ2v) is 3.34. The summed E-state index contributed by atoms with van der Waals surface area (Å²) in [5, 5.41) is 13.5. The molecule has 1 heterocycles. The fourth-order valence-corrected chi connectivity index (χ4v) is 1.34. The molecule has 2 N–H and O–H groups in total. The number of carbonyl (C=O) groups excluding carboxylic acids is 1. The van der Waals surface area contributed by atoms with E-state index in [4.69, 9.17) is 5.73 Å². The summed E-state index contributed by atoms with van der Waals surface area (Å²) >= 11 is 0. The van der Waals surface area contributed by atoms with Crippen LogP contribution in [0.3, 0.4) is 0 Å². The summed E-state index contributed by atoms with van der Waals surface area (Å²) in [6.07, 6.45) is 0. The van der Waals surface area contributed by atoms with Gasteiger partial charge in [0.15, 0.2) is 0 Å². The van der Waals surface area contributed by atoms with Crippen molar-refractivity contribution in [3.8, 4) is 0 Å². The zero-order valence-electron chi connectivity index (χ0n) is 7.36. The molecule has 1 aliphatic heterocycles. The molecule has 0 aromatic heterocycles. The van der Waals surface area contributed by atoms with Gasteiger partial charge in [-0.1, -0.05) is 6.92 Å². The highest BCUT2D eigenvalue weighted by Crippen LogP contribution is 2.17. The lowest BCUT2D eigenvalue weighted by molar-refractivity contribution is -0.126. The Morgan fingerprint density at radius 1 is 1.67 bits per heavy atom. The molecular formula is C7H14N3O2-. The number of rotatable bonds is 2. The lowest BCUT2D eigenvalue weighted by atomic mass is 10.2. The molecule has 12 heavy (non-hydrogen) atoms. The van der Waals surface area contributed by atoms with Crippen molar-refractivity contribution in [1.29, 1.82) is 0 Å². The lowest BCUT2D eigenvalue weighted by Gasteiger charge is -2.35. The summed E-state index contributed by atoms with van der Waals surface area (Å²) in [5.41, 5.74) is 5.08. The molecule has 1 fully saturated rings. The van der Waals surface area contributed by atoms with Crippen LogP contribution >= 0.6 is 0 Å². The highest BCUT2D eigenvalue weighted by Gasteiger charge is 2.27. The average Bonchev–Trinajstić information content (AvgIpc) is 2.28. The molecule has 0 aliphatic carbocycles. The zero-order chi connectivity index (χ0) is 9.30. The first-order chi connectivity index (χ1) is 5.52. The van der Waals surface area contributed by atoms with Crippen LogP contribution in [0.25, 0.3) is 0 Å². The van der Waals surface area contributed by atoms with Gasteiger partial charge in [0, 0.05) is 13.1 Å². The van der Waals surface area contributed by atoms with Crippen molar-refractivity contribution in [2.24, 2.45) is 11.7 Å². The number of carbonyl (C=O) groups is 1. The fourth-order valence-electron chi connectivity index (χ4n) is 1.34. The van der Waals surface area contributed by atoms with E-state index in [2.05, 4.69) is 0 Å². The van der Waals surface area contributed by atoms with Crippen molar-refractivity contribution in [2.45, 2.75) is 19.9 Å². The molecular weight excluding hydrogens is 158 g/mol. The number of hydrogen-bond acceptors (Lipinski definition) is 4. The summed E-state index contributed by atoms with van der Waals surface area (Å²) in [5.74, 6) is -0.144. The van der Waals surface area contributed by atoms with Gasteiger partial charge in [0.2, 0.25) is 5.91 Å². The van der Waals surface area contributed by atoms with Gasteiger partial charge in [0.25, 0.3) is 0 Å². The van der Waals surface area contributed by atoms with Crippen molar-refractivity contribution in [2.75, 3.05) is 13.1 Å². The molecule has 0 saturated carbocycles. The first-order valence-corrected chi connectivity index (χ1v) is 4.03. The number of hydrazine groups is 1. The van der Waals surface area contributed by atoms with Gasteiger partial charge in [-0.05, 0) is 12.8 Å². The van der Waals surface area contributed by atoms with Crippen LogP contribution in [0, 0.1) is 11.1 Å². The third-order valence-electron chi connectivity index (χ3n) is 2.11. The Balaban J connectivity index is 2.57. The van der Waals surface area contributed by atoms with Crippen LogP contribution < -0.4 is 5.73 Å². The molecule has 0 radical (unpaired) electrons. The van der Waals surface area contributed by atoms with E-state index in [1.807, 2.05) is 6.92 Å². The number of primary amides is 1. The maximum Gasteiger partial charge on any atom is 0.235 e. The highest BCUT2D eigenvalue weighted by atomic mass is 16.6. The van der Waals surface area contributed by atoms with Crippen LogP contribution in [-0.4, -0.2) is 35.2 Å². The van der Waals surface area contributed by atoms with E-state index in [0.29, 0.717) is 19.0 Å². The van der Waals surface area contributed by atoms with E-state index in [9.17, 15) is 10.0 Å². The van der Waals surface area contributed by atoms with Crippen LogP contribution in [0.1, 0.15) is 13.8 Å². The first kappa shape index (κ1) is 9.44. The van der Waals surface area contributed by atoms with Crippen molar-refractivity contribution < 1.29 is 4.79 Å². The Hall–Kier alpha value is -0.650. The predicted octanol–water partition coefficient (Wildman–Crippen LogP) is -0.473. The van der Waals surface area contributed by atoms with Gasteiger partial charge in [-0.3, -0.25) is 4.79 Å². The molecule has 1 saturated heterocycles. The number of hydrogen-bond donors (Lipinski definition) is 1. The number of hydroxylamine groups is 1. The largest absolute Gasteiger partial charge is 0.771 e. The Kier molecular flexibility index (Phi) is 2.66. The highest BCUT2D eigenvalue weighted by molar-refractivity contribution is 5.79. The summed E-state index contributed by atoms with van der Waals surface area (Å²) in [7, 11) is 0. The fraction of sp³-hybridized carbons (Fsp3) is 0.857. The zero-order valence-corrected chi connectivity index (χ0v) is 7.36. The molecule has 0 spiro atoms. The molecule has 5 nitrogen and oxygen atoms in total.